The van der Waals surface area contributed by atoms with Gasteiger partial charge in [-0.05, 0) is 18.2 Å². The van der Waals surface area contributed by atoms with Gasteiger partial charge >= 0.3 is 0 Å². The van der Waals surface area contributed by atoms with Crippen LogP contribution in [0.1, 0.15) is 17.0 Å². The number of amides is 1. The van der Waals surface area contributed by atoms with Crippen LogP contribution in [0.5, 0.6) is 5.75 Å². The summed E-state index contributed by atoms with van der Waals surface area (Å²) in [7, 11) is 0. The van der Waals surface area contributed by atoms with E-state index in [1.54, 1.807) is 35.8 Å². The Labute approximate surface area is 116 Å². The summed E-state index contributed by atoms with van der Waals surface area (Å²) in [6.07, 6.45) is 7.32. The van der Waals surface area contributed by atoms with Crippen molar-refractivity contribution in [3.05, 3.63) is 48.8 Å². The van der Waals surface area contributed by atoms with Gasteiger partial charge in [-0.2, -0.15) is 0 Å². The molecule has 1 atom stereocenters. The molecule has 0 spiro atoms. The van der Waals surface area contributed by atoms with Crippen molar-refractivity contribution in [3.8, 4) is 5.75 Å². The van der Waals surface area contributed by atoms with Gasteiger partial charge in [0.2, 0.25) is 5.82 Å². The molecule has 1 fully saturated rings. The molecule has 0 N–H and O–H groups in total. The van der Waals surface area contributed by atoms with E-state index in [-0.39, 0.29) is 17.8 Å². The molecule has 2 aromatic rings. The van der Waals surface area contributed by atoms with Gasteiger partial charge in [0.05, 0.1) is 6.54 Å². The molecule has 1 saturated heterocycles. The molecule has 1 amide bonds. The number of pyridine rings is 1. The number of carbonyl (C=O) groups excluding carboxylic acids is 1. The van der Waals surface area contributed by atoms with E-state index in [1.807, 2.05) is 12.1 Å². The van der Waals surface area contributed by atoms with Crippen molar-refractivity contribution in [1.82, 2.24) is 19.9 Å². The van der Waals surface area contributed by atoms with Crippen LogP contribution >= 0.6 is 0 Å². The Morgan fingerprint density at radius 3 is 2.70 bits per heavy atom. The van der Waals surface area contributed by atoms with Crippen LogP contribution in [0, 0.1) is 0 Å². The summed E-state index contributed by atoms with van der Waals surface area (Å²) in [4.78, 5) is 25.8. The fourth-order valence-corrected chi connectivity index (χ4v) is 2.17. The largest absolute Gasteiger partial charge is 0.488 e. The lowest BCUT2D eigenvalue weighted by Gasteiger charge is -2.16. The Bertz CT molecular complexity index is 576. The Morgan fingerprint density at radius 1 is 1.20 bits per heavy atom. The molecule has 0 saturated carbocycles. The van der Waals surface area contributed by atoms with Crippen molar-refractivity contribution in [1.29, 1.82) is 0 Å². The zero-order chi connectivity index (χ0) is 13.8. The lowest BCUT2D eigenvalue weighted by atomic mass is 10.3. The SMILES string of the molecule is O=C(c1ncccn1)N1CC[C@H](Oc2ccncc2)C1. The average molecular weight is 270 g/mol. The third-order valence-electron chi connectivity index (χ3n) is 3.14. The second kappa shape index (κ2) is 5.64. The number of carbonyl (C=O) groups is 1. The fraction of sp³-hybridized carbons (Fsp3) is 0.286. The number of nitrogens with zero attached hydrogens (tertiary/aromatic N) is 4. The summed E-state index contributed by atoms with van der Waals surface area (Å²) in [6, 6.07) is 5.31. The van der Waals surface area contributed by atoms with Crippen molar-refractivity contribution >= 4 is 5.91 Å². The van der Waals surface area contributed by atoms with E-state index in [1.165, 1.54) is 0 Å². The van der Waals surface area contributed by atoms with Gasteiger partial charge in [-0.15, -0.1) is 0 Å². The molecule has 3 rings (SSSR count). The summed E-state index contributed by atoms with van der Waals surface area (Å²) in [5.41, 5.74) is 0. The van der Waals surface area contributed by atoms with Gasteiger partial charge in [0.25, 0.3) is 5.91 Å². The normalized spacial score (nSPS) is 18.0. The average Bonchev–Trinajstić information content (AvgIpc) is 2.97. The van der Waals surface area contributed by atoms with E-state index in [0.717, 1.165) is 12.2 Å². The van der Waals surface area contributed by atoms with Gasteiger partial charge in [-0.1, -0.05) is 0 Å². The standard InChI is InChI=1S/C14H14N4O2/c19-14(13-16-5-1-6-17-13)18-9-4-12(10-18)20-11-2-7-15-8-3-11/h1-3,5-8,12H,4,9-10H2/t12-/m0/s1. The molecule has 1 aliphatic rings. The summed E-state index contributed by atoms with van der Waals surface area (Å²) in [6.45, 7) is 1.21. The Hall–Kier alpha value is -2.50. The van der Waals surface area contributed by atoms with Gasteiger partial charge in [-0.3, -0.25) is 9.78 Å². The maximum absolute atomic E-state index is 12.2. The smallest absolute Gasteiger partial charge is 0.291 e. The molecule has 0 bridgehead atoms. The van der Waals surface area contributed by atoms with Crippen molar-refractivity contribution < 1.29 is 9.53 Å². The van der Waals surface area contributed by atoms with Gasteiger partial charge in [0.15, 0.2) is 0 Å². The van der Waals surface area contributed by atoms with Crippen LogP contribution < -0.4 is 4.74 Å². The monoisotopic (exact) mass is 270 g/mol. The van der Waals surface area contributed by atoms with Crippen molar-refractivity contribution in [2.24, 2.45) is 0 Å². The first-order valence-corrected chi connectivity index (χ1v) is 6.46. The molecule has 20 heavy (non-hydrogen) atoms. The molecular formula is C14H14N4O2. The number of rotatable bonds is 3. The summed E-state index contributed by atoms with van der Waals surface area (Å²) < 4.78 is 5.82. The highest BCUT2D eigenvalue weighted by atomic mass is 16.5. The van der Waals surface area contributed by atoms with Crippen molar-refractivity contribution in [3.63, 3.8) is 0 Å². The Balaban J connectivity index is 1.61. The topological polar surface area (TPSA) is 68.2 Å². The fourth-order valence-electron chi connectivity index (χ4n) is 2.17. The highest BCUT2D eigenvalue weighted by Crippen LogP contribution is 2.18. The number of hydrogen-bond acceptors (Lipinski definition) is 5. The molecular weight excluding hydrogens is 256 g/mol. The van der Waals surface area contributed by atoms with E-state index in [2.05, 4.69) is 15.0 Å². The van der Waals surface area contributed by atoms with E-state index in [4.69, 9.17) is 4.74 Å². The highest BCUT2D eigenvalue weighted by Gasteiger charge is 2.29. The highest BCUT2D eigenvalue weighted by molar-refractivity contribution is 5.90. The Morgan fingerprint density at radius 2 is 1.95 bits per heavy atom. The van der Waals surface area contributed by atoms with Gasteiger partial charge in [0.1, 0.15) is 11.9 Å². The maximum Gasteiger partial charge on any atom is 0.291 e. The lowest BCUT2D eigenvalue weighted by Crippen LogP contribution is -2.32. The number of likely N-dealkylation sites (tertiary alicyclic amines) is 1. The molecule has 102 valence electrons. The summed E-state index contributed by atoms with van der Waals surface area (Å²) in [5, 5.41) is 0. The van der Waals surface area contributed by atoms with Crippen LogP contribution in [0.4, 0.5) is 0 Å². The van der Waals surface area contributed by atoms with Crippen molar-refractivity contribution in [2.75, 3.05) is 13.1 Å². The molecule has 0 aromatic carbocycles. The Kier molecular flexibility index (Phi) is 3.54. The molecule has 0 aliphatic carbocycles. The number of ether oxygens (including phenoxy) is 1. The maximum atomic E-state index is 12.2. The summed E-state index contributed by atoms with van der Waals surface area (Å²) in [5.74, 6) is 0.860. The molecule has 0 unspecified atom stereocenters. The predicted octanol–water partition coefficient (Wildman–Crippen LogP) is 1.17. The van der Waals surface area contributed by atoms with Crippen LogP contribution in [0.3, 0.4) is 0 Å². The van der Waals surface area contributed by atoms with Crippen LogP contribution in [0.2, 0.25) is 0 Å². The molecule has 1 aliphatic heterocycles. The molecule has 6 nitrogen and oxygen atoms in total. The molecule has 0 radical (unpaired) electrons. The third kappa shape index (κ3) is 2.74. The number of aromatic nitrogens is 3. The van der Waals surface area contributed by atoms with Crippen LogP contribution in [-0.4, -0.2) is 45.0 Å². The third-order valence-corrected chi connectivity index (χ3v) is 3.14. The molecule has 3 heterocycles. The van der Waals surface area contributed by atoms with Gasteiger partial charge in [-0.25, -0.2) is 9.97 Å². The van der Waals surface area contributed by atoms with Gasteiger partial charge < -0.3 is 9.64 Å². The minimum Gasteiger partial charge on any atom is -0.488 e. The minimum absolute atomic E-state index is 0.00469. The zero-order valence-electron chi connectivity index (χ0n) is 10.8. The lowest BCUT2D eigenvalue weighted by molar-refractivity contribution is 0.0760. The van der Waals surface area contributed by atoms with Crippen molar-refractivity contribution in [2.45, 2.75) is 12.5 Å². The zero-order valence-corrected chi connectivity index (χ0v) is 10.8. The van der Waals surface area contributed by atoms with Crippen LogP contribution in [0.25, 0.3) is 0 Å². The summed E-state index contributed by atoms with van der Waals surface area (Å²) >= 11 is 0. The van der Waals surface area contributed by atoms with Gasteiger partial charge in [0, 0.05) is 37.8 Å². The predicted molar refractivity (Wildman–Crippen MR) is 71.2 cm³/mol. The first-order valence-electron chi connectivity index (χ1n) is 6.46. The van der Waals surface area contributed by atoms with Crippen LogP contribution in [-0.2, 0) is 0 Å². The van der Waals surface area contributed by atoms with E-state index in [9.17, 15) is 4.79 Å². The number of hydrogen-bond donors (Lipinski definition) is 0. The first kappa shape index (κ1) is 12.5. The molecule has 2 aromatic heterocycles. The van der Waals surface area contributed by atoms with E-state index >= 15 is 0 Å². The minimum atomic E-state index is -0.147. The first-order chi connectivity index (χ1) is 9.83. The second-order valence-electron chi connectivity index (χ2n) is 4.54. The van der Waals surface area contributed by atoms with E-state index in [0.29, 0.717) is 13.1 Å². The quantitative estimate of drug-likeness (QED) is 0.837. The second-order valence-corrected chi connectivity index (χ2v) is 4.54. The van der Waals surface area contributed by atoms with Crippen LogP contribution in [0.15, 0.2) is 43.0 Å². The van der Waals surface area contributed by atoms with E-state index < -0.39 is 0 Å². The molecule has 6 heteroatoms.